The van der Waals surface area contributed by atoms with Gasteiger partial charge in [0.25, 0.3) is 0 Å². The van der Waals surface area contributed by atoms with Gasteiger partial charge in [0.2, 0.25) is 0 Å². The number of nitrogens with zero attached hydrogens (tertiary/aromatic N) is 4. The largest absolute Gasteiger partial charge is 0.376 e. The van der Waals surface area contributed by atoms with E-state index in [0.717, 1.165) is 19.4 Å². The Labute approximate surface area is 138 Å². The summed E-state index contributed by atoms with van der Waals surface area (Å²) in [6, 6.07) is 3.75. The maximum Gasteiger partial charge on any atom is 0.319 e. The van der Waals surface area contributed by atoms with Gasteiger partial charge in [0.15, 0.2) is 5.82 Å². The summed E-state index contributed by atoms with van der Waals surface area (Å²) in [6.07, 6.45) is 1.97. The number of rotatable bonds is 4. The molecule has 2 heterocycles. The Balaban J connectivity index is 1.69. The molecule has 1 saturated heterocycles. The summed E-state index contributed by atoms with van der Waals surface area (Å²) in [7, 11) is 0. The summed E-state index contributed by atoms with van der Waals surface area (Å²) < 4.78 is 20.8. The fourth-order valence-electron chi connectivity index (χ4n) is 2.67. The van der Waals surface area contributed by atoms with Crippen LogP contribution in [0.1, 0.15) is 25.6 Å². The van der Waals surface area contributed by atoms with Gasteiger partial charge in [0, 0.05) is 12.3 Å². The summed E-state index contributed by atoms with van der Waals surface area (Å²) in [4.78, 5) is 12.1. The molecule has 9 heteroatoms. The van der Waals surface area contributed by atoms with Crippen LogP contribution in [0.2, 0.25) is 0 Å². The van der Waals surface area contributed by atoms with Crippen molar-refractivity contribution in [3.8, 4) is 5.69 Å². The fraction of sp³-hybridized carbons (Fsp3) is 0.467. The Hall–Kier alpha value is -2.55. The summed E-state index contributed by atoms with van der Waals surface area (Å²) in [5.41, 5.74) is 0.612. The molecular formula is C15H19FN6O2. The normalized spacial score (nSPS) is 18.4. The third-order valence-corrected chi connectivity index (χ3v) is 3.94. The van der Waals surface area contributed by atoms with Crippen molar-refractivity contribution < 1.29 is 13.9 Å². The molecule has 1 aliphatic heterocycles. The van der Waals surface area contributed by atoms with Crippen LogP contribution in [0.3, 0.4) is 0 Å². The van der Waals surface area contributed by atoms with Crippen molar-refractivity contribution in [2.24, 2.45) is 0 Å². The lowest BCUT2D eigenvalue weighted by atomic mass is 10.1. The van der Waals surface area contributed by atoms with Crippen molar-refractivity contribution in [1.82, 2.24) is 25.5 Å². The van der Waals surface area contributed by atoms with Gasteiger partial charge >= 0.3 is 6.03 Å². The van der Waals surface area contributed by atoms with Crippen LogP contribution >= 0.6 is 0 Å². The van der Waals surface area contributed by atoms with Crippen molar-refractivity contribution in [3.63, 3.8) is 0 Å². The highest BCUT2D eigenvalue weighted by atomic mass is 19.1. The minimum Gasteiger partial charge on any atom is -0.376 e. The van der Waals surface area contributed by atoms with Gasteiger partial charge in [-0.05, 0) is 55.3 Å². The van der Waals surface area contributed by atoms with E-state index < -0.39 is 5.82 Å². The summed E-state index contributed by atoms with van der Waals surface area (Å²) in [5, 5.41) is 16.5. The smallest absolute Gasteiger partial charge is 0.319 e. The number of ether oxygens (including phenoxy) is 1. The summed E-state index contributed by atoms with van der Waals surface area (Å²) in [5.74, 6) is -0.0356. The number of anilines is 1. The SMILES string of the molecule is Cc1nnnn1-c1cc(NC(=O)N[C@@H](C)[C@@H]2CCCO2)ccc1F. The predicted molar refractivity (Wildman–Crippen MR) is 84.4 cm³/mol. The molecule has 24 heavy (non-hydrogen) atoms. The molecule has 2 aromatic rings. The lowest BCUT2D eigenvalue weighted by molar-refractivity contribution is 0.0868. The molecular weight excluding hydrogens is 315 g/mol. The number of aromatic nitrogens is 4. The molecule has 0 spiro atoms. The van der Waals surface area contributed by atoms with Crippen LogP contribution in [-0.2, 0) is 4.74 Å². The number of carbonyl (C=O) groups excluding carboxylic acids is 1. The molecule has 128 valence electrons. The van der Waals surface area contributed by atoms with Crippen LogP contribution < -0.4 is 10.6 Å². The van der Waals surface area contributed by atoms with Gasteiger partial charge in [0.1, 0.15) is 11.5 Å². The first kappa shape index (κ1) is 16.3. The van der Waals surface area contributed by atoms with Gasteiger partial charge in [-0.3, -0.25) is 0 Å². The lowest BCUT2D eigenvalue weighted by Crippen LogP contribution is -2.43. The first-order valence-electron chi connectivity index (χ1n) is 7.78. The average molecular weight is 334 g/mol. The number of amides is 2. The quantitative estimate of drug-likeness (QED) is 0.889. The van der Waals surface area contributed by atoms with Gasteiger partial charge < -0.3 is 15.4 Å². The van der Waals surface area contributed by atoms with Gasteiger partial charge in [0.05, 0.1) is 12.1 Å². The second kappa shape index (κ2) is 6.91. The van der Waals surface area contributed by atoms with Gasteiger partial charge in [-0.1, -0.05) is 0 Å². The number of hydrogen-bond donors (Lipinski definition) is 2. The molecule has 0 aliphatic carbocycles. The van der Waals surface area contributed by atoms with Crippen LogP contribution in [0.15, 0.2) is 18.2 Å². The fourth-order valence-corrected chi connectivity index (χ4v) is 2.67. The minimum absolute atomic E-state index is 0.0309. The highest BCUT2D eigenvalue weighted by Gasteiger charge is 2.23. The lowest BCUT2D eigenvalue weighted by Gasteiger charge is -2.20. The van der Waals surface area contributed by atoms with Gasteiger partial charge in [-0.2, -0.15) is 4.68 Å². The van der Waals surface area contributed by atoms with Crippen LogP contribution in [0, 0.1) is 12.7 Å². The van der Waals surface area contributed by atoms with Crippen LogP contribution in [0.5, 0.6) is 0 Å². The Bertz CT molecular complexity index is 729. The minimum atomic E-state index is -0.482. The standard InChI is InChI=1S/C15H19FN6O2/c1-9(14-4-3-7-24-14)17-15(23)18-11-5-6-12(16)13(8-11)22-10(2)19-20-21-22/h5-6,8-9,14H,3-4,7H2,1-2H3,(H2,17,18,23)/t9-,14-/m0/s1. The zero-order valence-electron chi connectivity index (χ0n) is 13.5. The zero-order chi connectivity index (χ0) is 17.1. The van der Waals surface area contributed by atoms with E-state index in [2.05, 4.69) is 26.2 Å². The molecule has 1 aromatic carbocycles. The van der Waals surface area contributed by atoms with Crippen molar-refractivity contribution in [2.45, 2.75) is 38.8 Å². The third-order valence-electron chi connectivity index (χ3n) is 3.94. The van der Waals surface area contributed by atoms with Crippen LogP contribution in [-0.4, -0.2) is 45.0 Å². The van der Waals surface area contributed by atoms with E-state index in [4.69, 9.17) is 4.74 Å². The van der Waals surface area contributed by atoms with E-state index in [1.54, 1.807) is 6.92 Å². The number of hydrogen-bond acceptors (Lipinski definition) is 5. The van der Waals surface area contributed by atoms with Gasteiger partial charge in [-0.25, -0.2) is 9.18 Å². The van der Waals surface area contributed by atoms with Gasteiger partial charge in [-0.15, -0.1) is 5.10 Å². The Morgan fingerprint density at radius 2 is 2.33 bits per heavy atom. The molecule has 1 aliphatic rings. The third kappa shape index (κ3) is 3.51. The molecule has 0 unspecified atom stereocenters. The Kier molecular flexibility index (Phi) is 4.70. The Morgan fingerprint density at radius 1 is 1.50 bits per heavy atom. The van der Waals surface area contributed by atoms with Crippen LogP contribution in [0.25, 0.3) is 5.69 Å². The predicted octanol–water partition coefficient (Wildman–Crippen LogP) is 1.80. The number of halogens is 1. The first-order valence-corrected chi connectivity index (χ1v) is 7.78. The van der Waals surface area contributed by atoms with E-state index in [0.29, 0.717) is 11.5 Å². The summed E-state index contributed by atoms with van der Waals surface area (Å²) in [6.45, 7) is 4.29. The van der Waals surface area contributed by atoms with E-state index in [1.165, 1.54) is 22.9 Å². The molecule has 2 N–H and O–H groups in total. The van der Waals surface area contributed by atoms with Crippen molar-refractivity contribution in [1.29, 1.82) is 0 Å². The second-order valence-corrected chi connectivity index (χ2v) is 5.74. The number of benzene rings is 1. The van der Waals surface area contributed by atoms with E-state index in [1.807, 2.05) is 6.92 Å². The average Bonchev–Trinajstić information content (AvgIpc) is 3.20. The monoisotopic (exact) mass is 334 g/mol. The molecule has 0 saturated carbocycles. The number of carbonyl (C=O) groups is 1. The highest BCUT2D eigenvalue weighted by Crippen LogP contribution is 2.19. The molecule has 3 rings (SSSR count). The molecule has 2 amide bonds. The zero-order valence-corrected chi connectivity index (χ0v) is 13.5. The molecule has 1 fully saturated rings. The van der Waals surface area contributed by atoms with E-state index in [-0.39, 0.29) is 23.9 Å². The number of aryl methyl sites for hydroxylation is 1. The number of tetrazole rings is 1. The number of nitrogens with one attached hydrogen (secondary N) is 2. The molecule has 1 aromatic heterocycles. The molecule has 2 atom stereocenters. The van der Waals surface area contributed by atoms with Crippen molar-refractivity contribution in [3.05, 3.63) is 29.8 Å². The highest BCUT2D eigenvalue weighted by molar-refractivity contribution is 5.89. The first-order chi connectivity index (χ1) is 11.5. The van der Waals surface area contributed by atoms with Crippen molar-refractivity contribution >= 4 is 11.7 Å². The second-order valence-electron chi connectivity index (χ2n) is 5.74. The van der Waals surface area contributed by atoms with E-state index >= 15 is 0 Å². The summed E-state index contributed by atoms with van der Waals surface area (Å²) >= 11 is 0. The molecule has 0 radical (unpaired) electrons. The molecule has 0 bridgehead atoms. The Morgan fingerprint density at radius 3 is 3.00 bits per heavy atom. The topological polar surface area (TPSA) is 94.0 Å². The van der Waals surface area contributed by atoms with Crippen molar-refractivity contribution in [2.75, 3.05) is 11.9 Å². The van der Waals surface area contributed by atoms with Crippen LogP contribution in [0.4, 0.5) is 14.9 Å². The number of urea groups is 1. The molecule has 8 nitrogen and oxygen atoms in total. The maximum absolute atomic E-state index is 14.0. The maximum atomic E-state index is 14.0. The van der Waals surface area contributed by atoms with E-state index in [9.17, 15) is 9.18 Å².